The zero-order valence-corrected chi connectivity index (χ0v) is 10.0. The van der Waals surface area contributed by atoms with Crippen LogP contribution in [-0.4, -0.2) is 29.6 Å². The van der Waals surface area contributed by atoms with Gasteiger partial charge in [-0.2, -0.15) is 0 Å². The molecular weight excluding hydrogens is 214 g/mol. The number of nitrogens with zero attached hydrogens (tertiary/aromatic N) is 2. The molecule has 1 aliphatic heterocycles. The van der Waals surface area contributed by atoms with Crippen molar-refractivity contribution >= 4 is 5.65 Å². The van der Waals surface area contributed by atoms with Crippen LogP contribution in [0.4, 0.5) is 0 Å². The van der Waals surface area contributed by atoms with Crippen LogP contribution in [0.25, 0.3) is 5.65 Å². The van der Waals surface area contributed by atoms with Crippen LogP contribution < -0.4 is 10.1 Å². The number of ether oxygens (including phenoxy) is 1. The van der Waals surface area contributed by atoms with Gasteiger partial charge in [0.2, 0.25) is 0 Å². The summed E-state index contributed by atoms with van der Waals surface area (Å²) >= 11 is 0. The van der Waals surface area contributed by atoms with Crippen LogP contribution in [0.1, 0.15) is 24.5 Å². The van der Waals surface area contributed by atoms with Crippen molar-refractivity contribution < 1.29 is 4.74 Å². The van der Waals surface area contributed by atoms with Crippen molar-refractivity contribution in [2.75, 3.05) is 20.2 Å². The van der Waals surface area contributed by atoms with E-state index in [1.807, 2.05) is 18.3 Å². The van der Waals surface area contributed by atoms with E-state index in [9.17, 15) is 0 Å². The number of imidazole rings is 1. The van der Waals surface area contributed by atoms with Gasteiger partial charge in [0.25, 0.3) is 0 Å². The molecule has 0 unspecified atom stereocenters. The Kier molecular flexibility index (Phi) is 2.73. The summed E-state index contributed by atoms with van der Waals surface area (Å²) in [5, 5.41) is 3.38. The monoisotopic (exact) mass is 231 g/mol. The van der Waals surface area contributed by atoms with Crippen molar-refractivity contribution in [3.05, 3.63) is 30.2 Å². The molecule has 0 aromatic carbocycles. The molecule has 0 atom stereocenters. The number of fused-ring (bicyclic) bond motifs is 1. The number of rotatable bonds is 2. The third-order valence-corrected chi connectivity index (χ3v) is 3.44. The van der Waals surface area contributed by atoms with Crippen LogP contribution in [0.3, 0.4) is 0 Å². The Bertz CT molecular complexity index is 514. The number of nitrogens with one attached hydrogen (secondary N) is 1. The molecule has 4 nitrogen and oxygen atoms in total. The highest BCUT2D eigenvalue weighted by Crippen LogP contribution is 2.27. The second-order valence-corrected chi connectivity index (χ2v) is 4.50. The normalized spacial score (nSPS) is 17.5. The molecule has 90 valence electrons. The summed E-state index contributed by atoms with van der Waals surface area (Å²) in [6.07, 6.45) is 6.50. The molecule has 0 amide bonds. The van der Waals surface area contributed by atoms with Crippen molar-refractivity contribution in [1.29, 1.82) is 0 Å². The second-order valence-electron chi connectivity index (χ2n) is 4.50. The zero-order valence-electron chi connectivity index (χ0n) is 10.0. The van der Waals surface area contributed by atoms with Crippen LogP contribution in [-0.2, 0) is 0 Å². The van der Waals surface area contributed by atoms with E-state index in [1.54, 1.807) is 7.11 Å². The number of piperidine rings is 1. The predicted molar refractivity (Wildman–Crippen MR) is 66.6 cm³/mol. The number of aromatic nitrogens is 2. The minimum absolute atomic E-state index is 0.584. The lowest BCUT2D eigenvalue weighted by molar-refractivity contribution is 0.416. The molecule has 3 heterocycles. The fraction of sp³-hybridized carbons (Fsp3) is 0.462. The molecule has 0 spiro atoms. The third kappa shape index (κ3) is 1.89. The minimum atomic E-state index is 0.584. The van der Waals surface area contributed by atoms with E-state index in [1.165, 1.54) is 18.5 Å². The smallest absolute Gasteiger partial charge is 0.179 e. The lowest BCUT2D eigenvalue weighted by Gasteiger charge is -2.20. The largest absolute Gasteiger partial charge is 0.493 e. The van der Waals surface area contributed by atoms with E-state index in [4.69, 9.17) is 9.72 Å². The van der Waals surface area contributed by atoms with Crippen molar-refractivity contribution in [2.45, 2.75) is 18.8 Å². The minimum Gasteiger partial charge on any atom is -0.493 e. The number of hydrogen-bond acceptors (Lipinski definition) is 3. The average Bonchev–Trinajstić information content (AvgIpc) is 2.83. The maximum atomic E-state index is 5.33. The van der Waals surface area contributed by atoms with Gasteiger partial charge >= 0.3 is 0 Å². The van der Waals surface area contributed by atoms with Gasteiger partial charge in [-0.3, -0.25) is 0 Å². The van der Waals surface area contributed by atoms with Crippen molar-refractivity contribution in [3.8, 4) is 5.75 Å². The van der Waals surface area contributed by atoms with Gasteiger partial charge in [0.15, 0.2) is 11.4 Å². The molecule has 1 saturated heterocycles. The van der Waals surface area contributed by atoms with Gasteiger partial charge < -0.3 is 14.5 Å². The van der Waals surface area contributed by atoms with Gasteiger partial charge in [-0.1, -0.05) is 0 Å². The fourth-order valence-electron chi connectivity index (χ4n) is 2.48. The third-order valence-electron chi connectivity index (χ3n) is 3.44. The van der Waals surface area contributed by atoms with Gasteiger partial charge in [0.05, 0.1) is 12.8 Å². The lowest BCUT2D eigenvalue weighted by atomic mass is 9.95. The molecule has 3 rings (SSSR count). The summed E-state index contributed by atoms with van der Waals surface area (Å²) in [6, 6.07) is 3.94. The van der Waals surface area contributed by atoms with Gasteiger partial charge in [-0.05, 0) is 38.1 Å². The maximum Gasteiger partial charge on any atom is 0.179 e. The quantitative estimate of drug-likeness (QED) is 0.856. The van der Waals surface area contributed by atoms with E-state index >= 15 is 0 Å². The Morgan fingerprint density at radius 2 is 2.24 bits per heavy atom. The SMILES string of the molecule is COc1cccn2cc(C3CCNCC3)nc12. The molecule has 17 heavy (non-hydrogen) atoms. The maximum absolute atomic E-state index is 5.33. The molecule has 0 aliphatic carbocycles. The number of hydrogen-bond donors (Lipinski definition) is 1. The highest BCUT2D eigenvalue weighted by atomic mass is 16.5. The molecule has 2 aromatic rings. The van der Waals surface area contributed by atoms with E-state index in [0.29, 0.717) is 5.92 Å². The van der Waals surface area contributed by atoms with Crippen molar-refractivity contribution in [2.24, 2.45) is 0 Å². The molecule has 0 bridgehead atoms. The van der Waals surface area contributed by atoms with Crippen LogP contribution in [0.15, 0.2) is 24.5 Å². The summed E-state index contributed by atoms with van der Waals surface area (Å²) in [5.74, 6) is 1.42. The van der Waals surface area contributed by atoms with Crippen LogP contribution in [0, 0.1) is 0 Å². The Hall–Kier alpha value is -1.55. The first-order chi connectivity index (χ1) is 8.38. The summed E-state index contributed by atoms with van der Waals surface area (Å²) in [4.78, 5) is 4.72. The van der Waals surface area contributed by atoms with Gasteiger partial charge in [-0.25, -0.2) is 4.98 Å². The molecule has 4 heteroatoms. The van der Waals surface area contributed by atoms with Crippen LogP contribution >= 0.6 is 0 Å². The Balaban J connectivity index is 2.00. The summed E-state index contributed by atoms with van der Waals surface area (Å²) < 4.78 is 7.38. The first-order valence-corrected chi connectivity index (χ1v) is 6.11. The topological polar surface area (TPSA) is 38.6 Å². The van der Waals surface area contributed by atoms with Gasteiger partial charge in [0, 0.05) is 18.3 Å². The molecule has 0 saturated carbocycles. The molecule has 1 fully saturated rings. The molecule has 1 aliphatic rings. The highest BCUT2D eigenvalue weighted by molar-refractivity contribution is 5.54. The molecule has 2 aromatic heterocycles. The number of methoxy groups -OCH3 is 1. The van der Waals surface area contributed by atoms with E-state index in [0.717, 1.165) is 24.5 Å². The Labute approximate surface area is 101 Å². The molecule has 1 N–H and O–H groups in total. The molecular formula is C13H17N3O. The first kappa shape index (κ1) is 10.6. The highest BCUT2D eigenvalue weighted by Gasteiger charge is 2.18. The lowest BCUT2D eigenvalue weighted by Crippen LogP contribution is -2.26. The standard InChI is InChI=1S/C13H17N3O/c1-17-12-3-2-8-16-9-11(15-13(12)16)10-4-6-14-7-5-10/h2-3,8-10,14H,4-7H2,1H3. The summed E-state index contributed by atoms with van der Waals surface area (Å²) in [5.41, 5.74) is 2.11. The van der Waals surface area contributed by atoms with Crippen LogP contribution in [0.2, 0.25) is 0 Å². The summed E-state index contributed by atoms with van der Waals surface area (Å²) in [7, 11) is 1.69. The molecule has 0 radical (unpaired) electrons. The van der Waals surface area contributed by atoms with E-state index < -0.39 is 0 Å². The Morgan fingerprint density at radius 1 is 1.41 bits per heavy atom. The van der Waals surface area contributed by atoms with Crippen LogP contribution in [0.5, 0.6) is 5.75 Å². The van der Waals surface area contributed by atoms with E-state index in [2.05, 4.69) is 15.9 Å². The zero-order chi connectivity index (χ0) is 11.7. The first-order valence-electron chi connectivity index (χ1n) is 6.11. The second kappa shape index (κ2) is 4.37. The van der Waals surface area contributed by atoms with Gasteiger partial charge in [0.1, 0.15) is 0 Å². The Morgan fingerprint density at radius 3 is 3.00 bits per heavy atom. The van der Waals surface area contributed by atoms with E-state index in [-0.39, 0.29) is 0 Å². The van der Waals surface area contributed by atoms with Gasteiger partial charge in [-0.15, -0.1) is 0 Å². The summed E-state index contributed by atoms with van der Waals surface area (Å²) in [6.45, 7) is 2.19. The van der Waals surface area contributed by atoms with Crippen molar-refractivity contribution in [3.63, 3.8) is 0 Å². The fourth-order valence-corrected chi connectivity index (χ4v) is 2.48. The average molecular weight is 231 g/mol. The number of pyridine rings is 1. The predicted octanol–water partition coefficient (Wildman–Crippen LogP) is 1.81. The van der Waals surface area contributed by atoms with Crippen molar-refractivity contribution in [1.82, 2.24) is 14.7 Å².